The van der Waals surface area contributed by atoms with Gasteiger partial charge in [-0.05, 0) is 30.3 Å². The van der Waals surface area contributed by atoms with Gasteiger partial charge in [0.15, 0.2) is 0 Å². The number of aromatic carboxylic acids is 1. The molecular weight excluding hydrogens is 250 g/mol. The maximum Gasteiger partial charge on any atom is 0.345 e. The smallest absolute Gasteiger partial charge is 0.345 e. The van der Waals surface area contributed by atoms with E-state index in [1.807, 2.05) is 6.07 Å². The van der Waals surface area contributed by atoms with Gasteiger partial charge in [-0.25, -0.2) is 4.79 Å². The Morgan fingerprint density at radius 1 is 1.39 bits per heavy atom. The Bertz CT molecular complexity index is 613. The summed E-state index contributed by atoms with van der Waals surface area (Å²) >= 11 is 1.18. The van der Waals surface area contributed by atoms with Crippen molar-refractivity contribution in [2.75, 3.05) is 0 Å². The zero-order valence-corrected chi connectivity index (χ0v) is 10.1. The van der Waals surface area contributed by atoms with Crippen molar-refractivity contribution in [2.45, 2.75) is 6.61 Å². The lowest BCUT2D eigenvalue weighted by molar-refractivity contribution is 0.0702. The number of hydrogen-bond acceptors (Lipinski definition) is 4. The van der Waals surface area contributed by atoms with Crippen LogP contribution in [0.15, 0.2) is 36.4 Å². The monoisotopic (exact) mass is 259 g/mol. The van der Waals surface area contributed by atoms with Gasteiger partial charge in [-0.1, -0.05) is 6.07 Å². The summed E-state index contributed by atoms with van der Waals surface area (Å²) in [6, 6.07) is 12.1. The number of hydrogen-bond donors (Lipinski definition) is 1. The van der Waals surface area contributed by atoms with Gasteiger partial charge in [0.05, 0.1) is 11.6 Å². The van der Waals surface area contributed by atoms with Crippen LogP contribution in [0.5, 0.6) is 5.75 Å². The average Bonchev–Trinajstić information content (AvgIpc) is 2.85. The predicted molar refractivity (Wildman–Crippen MR) is 66.8 cm³/mol. The highest BCUT2D eigenvalue weighted by Crippen LogP contribution is 2.20. The summed E-state index contributed by atoms with van der Waals surface area (Å²) in [6.07, 6.45) is 0. The first-order chi connectivity index (χ1) is 8.69. The molecule has 0 radical (unpaired) electrons. The molecule has 0 aliphatic rings. The number of carbonyl (C=O) groups is 1. The number of rotatable bonds is 4. The van der Waals surface area contributed by atoms with E-state index in [1.54, 1.807) is 36.4 Å². The molecule has 0 atom stereocenters. The molecule has 0 spiro atoms. The summed E-state index contributed by atoms with van der Waals surface area (Å²) in [5.74, 6) is -0.336. The van der Waals surface area contributed by atoms with Crippen LogP contribution >= 0.6 is 11.3 Å². The van der Waals surface area contributed by atoms with Gasteiger partial charge in [0.1, 0.15) is 17.2 Å². The molecule has 2 rings (SSSR count). The minimum Gasteiger partial charge on any atom is -0.488 e. The van der Waals surface area contributed by atoms with Gasteiger partial charge in [-0.2, -0.15) is 5.26 Å². The van der Waals surface area contributed by atoms with Gasteiger partial charge in [-0.15, -0.1) is 11.3 Å². The number of nitriles is 1. The van der Waals surface area contributed by atoms with Gasteiger partial charge in [0.2, 0.25) is 0 Å². The molecule has 1 N–H and O–H groups in total. The molecule has 0 saturated heterocycles. The second kappa shape index (κ2) is 5.34. The second-order valence-electron chi connectivity index (χ2n) is 3.50. The fourth-order valence-corrected chi connectivity index (χ4v) is 2.14. The van der Waals surface area contributed by atoms with E-state index in [-0.39, 0.29) is 0 Å². The topological polar surface area (TPSA) is 70.3 Å². The van der Waals surface area contributed by atoms with Crippen LogP contribution < -0.4 is 4.74 Å². The van der Waals surface area contributed by atoms with Crippen LogP contribution in [0, 0.1) is 11.3 Å². The first kappa shape index (κ1) is 12.1. The normalized spacial score (nSPS) is 9.72. The number of carboxylic acids is 1. The molecule has 0 aliphatic heterocycles. The number of ether oxygens (including phenoxy) is 1. The molecule has 0 amide bonds. The third-order valence-corrected chi connectivity index (χ3v) is 3.26. The highest BCUT2D eigenvalue weighted by atomic mass is 32.1. The number of nitrogens with zero attached hydrogens (tertiary/aromatic N) is 1. The Morgan fingerprint density at radius 3 is 2.89 bits per heavy atom. The van der Waals surface area contributed by atoms with Crippen LogP contribution in [0.1, 0.15) is 20.1 Å². The molecule has 1 heterocycles. The lowest BCUT2D eigenvalue weighted by atomic mass is 10.2. The SMILES string of the molecule is N#Cc1cccc(OCc2ccc(C(=O)O)s2)c1. The fraction of sp³-hybridized carbons (Fsp3) is 0.0769. The Balaban J connectivity index is 2.02. The van der Waals surface area contributed by atoms with Gasteiger partial charge in [-0.3, -0.25) is 0 Å². The van der Waals surface area contributed by atoms with Crippen molar-refractivity contribution in [1.29, 1.82) is 5.26 Å². The van der Waals surface area contributed by atoms with Crippen molar-refractivity contribution in [3.8, 4) is 11.8 Å². The molecule has 1 aromatic heterocycles. The van der Waals surface area contributed by atoms with E-state index < -0.39 is 5.97 Å². The Morgan fingerprint density at radius 2 is 2.22 bits per heavy atom. The molecule has 90 valence electrons. The van der Waals surface area contributed by atoms with Crippen LogP contribution in [0.2, 0.25) is 0 Å². The van der Waals surface area contributed by atoms with Crippen molar-refractivity contribution in [3.05, 3.63) is 51.7 Å². The minimum atomic E-state index is -0.933. The van der Waals surface area contributed by atoms with Crippen molar-refractivity contribution < 1.29 is 14.6 Å². The standard InChI is InChI=1S/C13H9NO3S/c14-7-9-2-1-3-10(6-9)17-8-11-4-5-12(18-11)13(15)16/h1-6H,8H2,(H,15,16). The molecular formula is C13H9NO3S. The molecule has 2 aromatic rings. The molecule has 4 nitrogen and oxygen atoms in total. The number of carboxylic acid groups (broad SMARTS) is 1. The largest absolute Gasteiger partial charge is 0.488 e. The molecule has 0 fully saturated rings. The fourth-order valence-electron chi connectivity index (χ4n) is 1.38. The Kier molecular flexibility index (Phi) is 3.60. The van der Waals surface area contributed by atoms with Crippen molar-refractivity contribution in [2.24, 2.45) is 0 Å². The van der Waals surface area contributed by atoms with Crippen LogP contribution in [0.4, 0.5) is 0 Å². The summed E-state index contributed by atoms with van der Waals surface area (Å²) in [5.41, 5.74) is 0.532. The summed E-state index contributed by atoms with van der Waals surface area (Å²) in [4.78, 5) is 11.8. The van der Waals surface area contributed by atoms with Gasteiger partial charge in [0.25, 0.3) is 0 Å². The van der Waals surface area contributed by atoms with E-state index in [1.165, 1.54) is 11.3 Å². The Labute approximate surface area is 108 Å². The van der Waals surface area contributed by atoms with E-state index in [4.69, 9.17) is 15.1 Å². The van der Waals surface area contributed by atoms with Crippen LogP contribution in [-0.4, -0.2) is 11.1 Å². The van der Waals surface area contributed by atoms with Crippen LogP contribution in [0.25, 0.3) is 0 Å². The second-order valence-corrected chi connectivity index (χ2v) is 4.67. The summed E-state index contributed by atoms with van der Waals surface area (Å²) < 4.78 is 5.49. The van der Waals surface area contributed by atoms with Crippen molar-refractivity contribution in [1.82, 2.24) is 0 Å². The maximum atomic E-state index is 10.7. The van der Waals surface area contributed by atoms with Gasteiger partial charge >= 0.3 is 5.97 Å². The quantitative estimate of drug-likeness (QED) is 0.916. The van der Waals surface area contributed by atoms with E-state index in [9.17, 15) is 4.79 Å². The average molecular weight is 259 g/mol. The van der Waals surface area contributed by atoms with Crippen molar-refractivity contribution >= 4 is 17.3 Å². The molecule has 0 unspecified atom stereocenters. The van der Waals surface area contributed by atoms with Crippen LogP contribution in [-0.2, 0) is 6.61 Å². The molecule has 0 bridgehead atoms. The van der Waals surface area contributed by atoms with E-state index >= 15 is 0 Å². The molecule has 0 saturated carbocycles. The van der Waals surface area contributed by atoms with Gasteiger partial charge < -0.3 is 9.84 Å². The highest BCUT2D eigenvalue weighted by molar-refractivity contribution is 7.13. The summed E-state index contributed by atoms with van der Waals surface area (Å²) in [6.45, 7) is 0.298. The lowest BCUT2D eigenvalue weighted by Crippen LogP contribution is -1.93. The summed E-state index contributed by atoms with van der Waals surface area (Å²) in [7, 11) is 0. The van der Waals surface area contributed by atoms with Gasteiger partial charge in [0, 0.05) is 4.88 Å². The zero-order chi connectivity index (χ0) is 13.0. The Hall–Kier alpha value is -2.32. The number of thiophene rings is 1. The lowest BCUT2D eigenvalue weighted by Gasteiger charge is -2.04. The zero-order valence-electron chi connectivity index (χ0n) is 9.29. The van der Waals surface area contributed by atoms with E-state index in [0.717, 1.165) is 4.88 Å². The molecule has 0 aliphatic carbocycles. The maximum absolute atomic E-state index is 10.7. The first-order valence-corrected chi connectivity index (χ1v) is 5.95. The van der Waals surface area contributed by atoms with E-state index in [0.29, 0.717) is 22.8 Å². The van der Waals surface area contributed by atoms with Crippen molar-refractivity contribution in [3.63, 3.8) is 0 Å². The number of benzene rings is 1. The molecule has 1 aromatic carbocycles. The van der Waals surface area contributed by atoms with E-state index in [2.05, 4.69) is 0 Å². The van der Waals surface area contributed by atoms with Crippen LogP contribution in [0.3, 0.4) is 0 Å². The predicted octanol–water partition coefficient (Wildman–Crippen LogP) is 2.90. The third kappa shape index (κ3) is 2.87. The summed E-state index contributed by atoms with van der Waals surface area (Å²) in [5, 5.41) is 17.5. The first-order valence-electron chi connectivity index (χ1n) is 5.14. The highest BCUT2D eigenvalue weighted by Gasteiger charge is 2.07. The third-order valence-electron chi connectivity index (χ3n) is 2.22. The molecule has 5 heteroatoms. The minimum absolute atomic E-state index is 0.291. The molecule has 18 heavy (non-hydrogen) atoms.